The number of nitrogens with one attached hydrogen (secondary N) is 1. The first-order valence-electron chi connectivity index (χ1n) is 10.6. The highest BCUT2D eigenvalue weighted by atomic mass is 16.5. The normalized spacial score (nSPS) is 22.5. The van der Waals surface area contributed by atoms with E-state index in [1.165, 1.54) is 0 Å². The first-order chi connectivity index (χ1) is 14.1. The zero-order valence-corrected chi connectivity index (χ0v) is 17.5. The number of amides is 1. The van der Waals surface area contributed by atoms with Crippen LogP contribution in [0.1, 0.15) is 46.0 Å². The first kappa shape index (κ1) is 21.3. The maximum absolute atomic E-state index is 11.6. The molecule has 0 atom stereocenters. The van der Waals surface area contributed by atoms with E-state index in [0.29, 0.717) is 12.1 Å². The predicted octanol–water partition coefficient (Wildman–Crippen LogP) is 3.79. The van der Waals surface area contributed by atoms with Crippen molar-refractivity contribution in [3.63, 3.8) is 0 Å². The van der Waals surface area contributed by atoms with Crippen LogP contribution in [0.2, 0.25) is 0 Å². The van der Waals surface area contributed by atoms with Crippen LogP contribution in [0.5, 0.6) is 5.75 Å². The number of hydrogen-bond acceptors (Lipinski definition) is 6. The van der Waals surface area contributed by atoms with Crippen LogP contribution >= 0.6 is 0 Å². The number of carbonyl (C=O) groups is 1. The SMILES string of the molecule is C=Nc1c(/N=C\C)cc(N2CCOCC2)cc1O[C@H]1CC[C@@H](NC(=O)CC)CC1. The fourth-order valence-corrected chi connectivity index (χ4v) is 3.90. The van der Waals surface area contributed by atoms with Crippen LogP contribution in [-0.2, 0) is 9.53 Å². The summed E-state index contributed by atoms with van der Waals surface area (Å²) in [6.45, 7) is 10.6. The summed E-state index contributed by atoms with van der Waals surface area (Å²) in [6.07, 6.45) is 6.05. The van der Waals surface area contributed by atoms with Gasteiger partial charge in [0.1, 0.15) is 11.4 Å². The minimum Gasteiger partial charge on any atom is -0.488 e. The number of benzene rings is 1. The lowest BCUT2D eigenvalue weighted by molar-refractivity contribution is -0.121. The number of aliphatic imine (C=N–C) groups is 2. The molecule has 1 amide bonds. The summed E-state index contributed by atoms with van der Waals surface area (Å²) in [7, 11) is 0. The van der Waals surface area contributed by atoms with Gasteiger partial charge >= 0.3 is 0 Å². The Labute approximate surface area is 173 Å². The molecule has 158 valence electrons. The van der Waals surface area contributed by atoms with E-state index < -0.39 is 0 Å². The molecule has 1 aromatic rings. The van der Waals surface area contributed by atoms with E-state index >= 15 is 0 Å². The average molecular weight is 401 g/mol. The molecule has 1 heterocycles. The van der Waals surface area contributed by atoms with E-state index in [2.05, 4.69) is 33.0 Å². The van der Waals surface area contributed by atoms with Crippen LogP contribution in [0.4, 0.5) is 17.1 Å². The van der Waals surface area contributed by atoms with E-state index in [0.717, 1.165) is 69.1 Å². The Morgan fingerprint density at radius 3 is 2.66 bits per heavy atom. The van der Waals surface area contributed by atoms with Gasteiger partial charge in [-0.2, -0.15) is 0 Å². The monoisotopic (exact) mass is 400 g/mol. The third-order valence-electron chi connectivity index (χ3n) is 5.50. The van der Waals surface area contributed by atoms with Crippen LogP contribution in [0, 0.1) is 0 Å². The summed E-state index contributed by atoms with van der Waals surface area (Å²) in [5, 5.41) is 3.09. The van der Waals surface area contributed by atoms with Gasteiger partial charge in [-0.1, -0.05) is 6.92 Å². The number of carbonyl (C=O) groups excluding carboxylic acids is 1. The topological polar surface area (TPSA) is 75.5 Å². The molecule has 0 aromatic heterocycles. The van der Waals surface area contributed by atoms with Gasteiger partial charge in [0, 0.05) is 43.5 Å². The van der Waals surface area contributed by atoms with E-state index in [-0.39, 0.29) is 18.1 Å². The Balaban J connectivity index is 1.76. The molecule has 1 N–H and O–H groups in total. The van der Waals surface area contributed by atoms with Crippen LogP contribution < -0.4 is 15.0 Å². The van der Waals surface area contributed by atoms with Crippen molar-refractivity contribution >= 4 is 35.9 Å². The number of nitrogens with zero attached hydrogens (tertiary/aromatic N) is 3. The third kappa shape index (κ3) is 5.56. The summed E-state index contributed by atoms with van der Waals surface area (Å²) in [6, 6.07) is 4.34. The summed E-state index contributed by atoms with van der Waals surface area (Å²) in [5.74, 6) is 0.846. The van der Waals surface area contributed by atoms with Crippen molar-refractivity contribution in [2.75, 3.05) is 31.2 Å². The lowest BCUT2D eigenvalue weighted by Gasteiger charge is -2.32. The molecule has 1 saturated carbocycles. The van der Waals surface area contributed by atoms with Crippen LogP contribution in [0.15, 0.2) is 22.1 Å². The van der Waals surface area contributed by atoms with Gasteiger partial charge in [-0.15, -0.1) is 0 Å². The summed E-state index contributed by atoms with van der Waals surface area (Å²) >= 11 is 0. The fraction of sp³-hybridized carbons (Fsp3) is 0.591. The second-order valence-corrected chi connectivity index (χ2v) is 7.47. The molecule has 2 fully saturated rings. The van der Waals surface area contributed by atoms with Gasteiger partial charge in [-0.3, -0.25) is 14.8 Å². The maximum atomic E-state index is 11.6. The van der Waals surface area contributed by atoms with Gasteiger partial charge in [-0.05, 0) is 45.4 Å². The van der Waals surface area contributed by atoms with Crippen LogP contribution in [0.25, 0.3) is 0 Å². The molecule has 1 aromatic carbocycles. The molecule has 29 heavy (non-hydrogen) atoms. The van der Waals surface area contributed by atoms with Gasteiger partial charge in [0.15, 0.2) is 0 Å². The lowest BCUT2D eigenvalue weighted by atomic mass is 9.92. The van der Waals surface area contributed by atoms with Gasteiger partial charge < -0.3 is 19.7 Å². The van der Waals surface area contributed by atoms with Crippen molar-refractivity contribution in [3.05, 3.63) is 12.1 Å². The molecule has 0 bridgehead atoms. The molecule has 1 aliphatic heterocycles. The standard InChI is InChI=1S/C22H32N4O3/c1-4-21(27)25-16-6-8-18(9-7-16)29-20-15-17(26-10-12-28-13-11-26)14-19(24-5-2)22(20)23-3/h5,14-16,18H,3-4,6-13H2,1-2H3,(H,25,27)/b24-5-/t16-,18+. The van der Waals surface area contributed by atoms with Crippen molar-refractivity contribution in [2.24, 2.45) is 9.98 Å². The van der Waals surface area contributed by atoms with Crippen molar-refractivity contribution in [3.8, 4) is 5.75 Å². The third-order valence-corrected chi connectivity index (χ3v) is 5.50. The van der Waals surface area contributed by atoms with Crippen molar-refractivity contribution < 1.29 is 14.3 Å². The zero-order valence-electron chi connectivity index (χ0n) is 17.5. The maximum Gasteiger partial charge on any atom is 0.219 e. The molecule has 1 aliphatic carbocycles. The van der Waals surface area contributed by atoms with E-state index in [4.69, 9.17) is 9.47 Å². The molecule has 0 spiro atoms. The summed E-state index contributed by atoms with van der Waals surface area (Å²) in [4.78, 5) is 22.6. The Morgan fingerprint density at radius 1 is 1.31 bits per heavy atom. The smallest absolute Gasteiger partial charge is 0.219 e. The molecule has 7 nitrogen and oxygen atoms in total. The Kier molecular flexibility index (Phi) is 7.63. The van der Waals surface area contributed by atoms with E-state index in [1.807, 2.05) is 19.9 Å². The number of hydrogen-bond donors (Lipinski definition) is 1. The van der Waals surface area contributed by atoms with Gasteiger partial charge in [0.2, 0.25) is 5.91 Å². The molecule has 3 rings (SSSR count). The van der Waals surface area contributed by atoms with Crippen molar-refractivity contribution in [1.82, 2.24) is 5.32 Å². The Morgan fingerprint density at radius 2 is 2.03 bits per heavy atom. The second kappa shape index (κ2) is 10.4. The highest BCUT2D eigenvalue weighted by Crippen LogP contribution is 2.42. The Hall–Kier alpha value is -2.41. The second-order valence-electron chi connectivity index (χ2n) is 7.47. The van der Waals surface area contributed by atoms with Crippen molar-refractivity contribution in [2.45, 2.75) is 58.1 Å². The quantitative estimate of drug-likeness (QED) is 0.707. The minimum absolute atomic E-state index is 0.101. The summed E-state index contributed by atoms with van der Waals surface area (Å²) in [5.41, 5.74) is 2.52. The number of anilines is 1. The molecule has 0 unspecified atom stereocenters. The van der Waals surface area contributed by atoms with Gasteiger partial charge in [0.25, 0.3) is 0 Å². The van der Waals surface area contributed by atoms with Gasteiger partial charge in [0.05, 0.1) is 25.0 Å². The predicted molar refractivity (Wildman–Crippen MR) is 118 cm³/mol. The lowest BCUT2D eigenvalue weighted by Crippen LogP contribution is -2.39. The van der Waals surface area contributed by atoms with Gasteiger partial charge in [-0.25, -0.2) is 0 Å². The highest BCUT2D eigenvalue weighted by molar-refractivity contribution is 5.80. The molecule has 7 heteroatoms. The molecular weight excluding hydrogens is 368 g/mol. The number of ether oxygens (including phenoxy) is 2. The molecule has 2 aliphatic rings. The highest BCUT2D eigenvalue weighted by Gasteiger charge is 2.25. The average Bonchev–Trinajstić information content (AvgIpc) is 2.75. The van der Waals surface area contributed by atoms with E-state index in [9.17, 15) is 4.79 Å². The largest absolute Gasteiger partial charge is 0.488 e. The fourth-order valence-electron chi connectivity index (χ4n) is 3.90. The number of rotatable bonds is 7. The van der Waals surface area contributed by atoms with Crippen molar-refractivity contribution in [1.29, 1.82) is 0 Å². The molecule has 1 saturated heterocycles. The zero-order chi connectivity index (χ0) is 20.6. The summed E-state index contributed by atoms with van der Waals surface area (Å²) < 4.78 is 11.9. The number of morpholine rings is 1. The Bertz CT molecular complexity index is 736. The minimum atomic E-state index is 0.101. The van der Waals surface area contributed by atoms with Crippen LogP contribution in [0.3, 0.4) is 0 Å². The first-order valence-corrected chi connectivity index (χ1v) is 10.6. The molecular formula is C22H32N4O3. The van der Waals surface area contributed by atoms with E-state index in [1.54, 1.807) is 6.21 Å². The van der Waals surface area contributed by atoms with Crippen LogP contribution in [-0.4, -0.2) is 57.3 Å². The molecule has 0 radical (unpaired) electrons.